The van der Waals surface area contributed by atoms with Gasteiger partial charge in [0.15, 0.2) is 11.2 Å². The van der Waals surface area contributed by atoms with Gasteiger partial charge in [-0.2, -0.15) is 20.4 Å². The minimum atomic E-state index is -0.378. The summed E-state index contributed by atoms with van der Waals surface area (Å²) in [4.78, 5) is 23.1. The highest BCUT2D eigenvalue weighted by molar-refractivity contribution is 6.05. The fourth-order valence-electron chi connectivity index (χ4n) is 5.31. The van der Waals surface area contributed by atoms with Crippen LogP contribution in [-0.4, -0.2) is 46.3 Å². The van der Waals surface area contributed by atoms with E-state index in [1.54, 1.807) is 58.9 Å². The SMILES string of the molecule is CC[C@H]1C[C@@H](n2c(=O)nc(-c3cnn(C)c3)c3oc4cc(C#N)c(-c5cnn(C)c5)nc4c32)C[C@@H](C)O1. The van der Waals surface area contributed by atoms with Crippen molar-refractivity contribution in [2.24, 2.45) is 14.1 Å². The normalized spacial score (nSPS) is 20.0. The van der Waals surface area contributed by atoms with Crippen molar-refractivity contribution in [3.8, 4) is 28.6 Å². The number of aryl methyl sites for hydroxylation is 2. The van der Waals surface area contributed by atoms with Crippen LogP contribution in [-0.2, 0) is 18.8 Å². The average Bonchev–Trinajstić information content (AvgIpc) is 3.60. The van der Waals surface area contributed by atoms with Gasteiger partial charge in [-0.3, -0.25) is 13.9 Å². The van der Waals surface area contributed by atoms with E-state index in [9.17, 15) is 10.1 Å². The van der Waals surface area contributed by atoms with Crippen molar-refractivity contribution in [1.82, 2.24) is 34.1 Å². The lowest BCUT2D eigenvalue weighted by Gasteiger charge is -2.34. The molecule has 5 aromatic rings. The zero-order chi connectivity index (χ0) is 25.8. The zero-order valence-corrected chi connectivity index (χ0v) is 21.0. The number of aromatic nitrogens is 7. The molecule has 11 heteroatoms. The Kier molecular flexibility index (Phi) is 5.42. The Morgan fingerprint density at radius 3 is 2.41 bits per heavy atom. The summed E-state index contributed by atoms with van der Waals surface area (Å²) in [5.41, 5.74) is 4.15. The molecule has 0 aliphatic carbocycles. The molecule has 0 radical (unpaired) electrons. The monoisotopic (exact) mass is 498 g/mol. The molecule has 0 bridgehead atoms. The number of nitriles is 1. The van der Waals surface area contributed by atoms with Crippen molar-refractivity contribution in [1.29, 1.82) is 5.26 Å². The lowest BCUT2D eigenvalue weighted by molar-refractivity contribution is -0.0594. The van der Waals surface area contributed by atoms with Crippen LogP contribution in [0.25, 0.3) is 44.7 Å². The Morgan fingerprint density at radius 1 is 1.08 bits per heavy atom. The second-order valence-electron chi connectivity index (χ2n) is 9.64. The number of furan rings is 1. The third-order valence-electron chi connectivity index (χ3n) is 6.97. The van der Waals surface area contributed by atoms with Gasteiger partial charge in [0.25, 0.3) is 0 Å². The first-order valence-electron chi connectivity index (χ1n) is 12.3. The van der Waals surface area contributed by atoms with Gasteiger partial charge in [0.1, 0.15) is 22.8 Å². The van der Waals surface area contributed by atoms with Crippen molar-refractivity contribution < 1.29 is 9.15 Å². The molecule has 1 fully saturated rings. The Balaban J connectivity index is 1.69. The minimum Gasteiger partial charge on any atom is -0.450 e. The van der Waals surface area contributed by atoms with Crippen LogP contribution in [0.15, 0.2) is 40.1 Å². The van der Waals surface area contributed by atoms with Gasteiger partial charge in [-0.25, -0.2) is 9.78 Å². The lowest BCUT2D eigenvalue weighted by Crippen LogP contribution is -2.37. The number of fused-ring (bicyclic) bond motifs is 3. The second kappa shape index (κ2) is 8.67. The summed E-state index contributed by atoms with van der Waals surface area (Å²) in [5, 5.41) is 18.4. The first-order valence-corrected chi connectivity index (χ1v) is 12.3. The Bertz CT molecular complexity index is 1750. The van der Waals surface area contributed by atoms with Gasteiger partial charge in [-0.05, 0) is 26.2 Å². The van der Waals surface area contributed by atoms with Gasteiger partial charge in [0.05, 0.1) is 35.9 Å². The molecule has 1 saturated heterocycles. The quantitative estimate of drug-likeness (QED) is 0.366. The van der Waals surface area contributed by atoms with Crippen LogP contribution in [0.2, 0.25) is 0 Å². The maximum absolute atomic E-state index is 13.7. The van der Waals surface area contributed by atoms with Crippen LogP contribution in [0.5, 0.6) is 0 Å². The van der Waals surface area contributed by atoms with E-state index in [2.05, 4.69) is 28.2 Å². The smallest absolute Gasteiger partial charge is 0.349 e. The molecule has 1 aliphatic heterocycles. The third kappa shape index (κ3) is 3.81. The summed E-state index contributed by atoms with van der Waals surface area (Å²) in [6.45, 7) is 4.11. The third-order valence-corrected chi connectivity index (χ3v) is 6.97. The van der Waals surface area contributed by atoms with Crippen molar-refractivity contribution >= 4 is 22.2 Å². The fraction of sp³-hybridized carbons (Fsp3) is 0.385. The van der Waals surface area contributed by atoms with Crippen LogP contribution in [0, 0.1) is 11.3 Å². The molecular weight excluding hydrogens is 472 g/mol. The highest BCUT2D eigenvalue weighted by Gasteiger charge is 2.32. The molecule has 0 N–H and O–H groups in total. The van der Waals surface area contributed by atoms with Gasteiger partial charge >= 0.3 is 5.69 Å². The second-order valence-corrected chi connectivity index (χ2v) is 9.64. The standard InChI is InChI=1S/C26H26N8O3/c1-5-19-8-18(6-14(2)36-19)34-24-23-20(7-15(9-27)21(30-23)16-10-28-32(3)12-16)37-25(24)22(31-26(34)35)17-11-29-33(4)13-17/h7,10-14,18-19H,5-6,8H2,1-4H3/t14-,18+,19+/m1/s1. The molecule has 0 amide bonds. The number of ether oxygens (including phenoxy) is 1. The molecule has 0 aromatic carbocycles. The maximum atomic E-state index is 13.7. The Hall–Kier alpha value is -4.30. The summed E-state index contributed by atoms with van der Waals surface area (Å²) in [5.74, 6) is 0. The summed E-state index contributed by atoms with van der Waals surface area (Å²) >= 11 is 0. The maximum Gasteiger partial charge on any atom is 0.349 e. The van der Waals surface area contributed by atoms with E-state index in [1.807, 2.05) is 6.92 Å². The molecule has 6 heterocycles. The van der Waals surface area contributed by atoms with Crippen LogP contribution in [0.3, 0.4) is 0 Å². The number of nitrogens with zero attached hydrogens (tertiary/aromatic N) is 8. The summed E-state index contributed by atoms with van der Waals surface area (Å²) in [6, 6.07) is 3.76. The van der Waals surface area contributed by atoms with Crippen molar-refractivity contribution in [3.63, 3.8) is 0 Å². The Morgan fingerprint density at radius 2 is 1.78 bits per heavy atom. The molecule has 37 heavy (non-hydrogen) atoms. The first kappa shape index (κ1) is 23.1. The van der Waals surface area contributed by atoms with Crippen LogP contribution < -0.4 is 5.69 Å². The van der Waals surface area contributed by atoms with Gasteiger partial charge < -0.3 is 9.15 Å². The predicted octanol–water partition coefficient (Wildman–Crippen LogP) is 3.73. The molecule has 3 atom stereocenters. The number of pyridine rings is 1. The molecule has 188 valence electrons. The van der Waals surface area contributed by atoms with Gasteiger partial charge in [-0.15, -0.1) is 0 Å². The molecule has 0 spiro atoms. The van der Waals surface area contributed by atoms with Crippen molar-refractivity contribution in [2.75, 3.05) is 0 Å². The average molecular weight is 499 g/mol. The van der Waals surface area contributed by atoms with E-state index in [-0.39, 0.29) is 23.9 Å². The molecule has 6 rings (SSSR count). The highest BCUT2D eigenvalue weighted by Crippen LogP contribution is 2.38. The van der Waals surface area contributed by atoms with Gasteiger partial charge in [-0.1, -0.05) is 6.92 Å². The molecule has 1 aliphatic rings. The van der Waals surface area contributed by atoms with Crippen LogP contribution in [0.4, 0.5) is 0 Å². The van der Waals surface area contributed by atoms with Crippen molar-refractivity contribution in [2.45, 2.75) is 51.4 Å². The van der Waals surface area contributed by atoms with E-state index in [4.69, 9.17) is 14.1 Å². The highest BCUT2D eigenvalue weighted by atomic mass is 16.5. The largest absolute Gasteiger partial charge is 0.450 e. The molecule has 0 saturated carbocycles. The van der Waals surface area contributed by atoms with E-state index >= 15 is 0 Å². The summed E-state index contributed by atoms with van der Waals surface area (Å²) in [7, 11) is 3.61. The Labute approximate surface area is 211 Å². The molecule has 0 unspecified atom stereocenters. The van der Waals surface area contributed by atoms with Crippen molar-refractivity contribution in [3.05, 3.63) is 46.9 Å². The van der Waals surface area contributed by atoms with E-state index < -0.39 is 0 Å². The predicted molar refractivity (Wildman–Crippen MR) is 136 cm³/mol. The number of hydrogen-bond acceptors (Lipinski definition) is 8. The topological polar surface area (TPSA) is 130 Å². The first-order chi connectivity index (χ1) is 17.9. The summed E-state index contributed by atoms with van der Waals surface area (Å²) < 4.78 is 17.4. The van der Waals surface area contributed by atoms with Crippen LogP contribution >= 0.6 is 0 Å². The fourth-order valence-corrected chi connectivity index (χ4v) is 5.31. The number of rotatable bonds is 4. The molecular formula is C26H26N8O3. The summed E-state index contributed by atoms with van der Waals surface area (Å²) in [6.07, 6.45) is 9.13. The van der Waals surface area contributed by atoms with E-state index in [0.717, 1.165) is 6.42 Å². The van der Waals surface area contributed by atoms with Gasteiger partial charge in [0.2, 0.25) is 0 Å². The minimum absolute atomic E-state index is 0.00841. The molecule has 11 nitrogen and oxygen atoms in total. The zero-order valence-electron chi connectivity index (χ0n) is 21.0. The van der Waals surface area contributed by atoms with E-state index in [0.29, 0.717) is 63.1 Å². The number of hydrogen-bond donors (Lipinski definition) is 0. The molecule has 5 aromatic heterocycles. The lowest BCUT2D eigenvalue weighted by atomic mass is 9.97. The van der Waals surface area contributed by atoms with Gasteiger partial charge in [0, 0.05) is 49.7 Å². The van der Waals surface area contributed by atoms with E-state index in [1.165, 1.54) is 0 Å². The van der Waals surface area contributed by atoms with Crippen LogP contribution in [0.1, 0.15) is 44.7 Å².